The molecular weight excluding hydrogens is 286 g/mol. The van der Waals surface area contributed by atoms with Gasteiger partial charge in [0.2, 0.25) is 0 Å². The largest absolute Gasteiger partial charge is 0.459 e. The SMILES string of the molecule is CS(=O)c1ccc2oc(COCC3CCNCC3)cc2c1. The molecule has 2 heterocycles. The second-order valence-corrected chi connectivity index (χ2v) is 6.95. The van der Waals surface area contributed by atoms with Crippen molar-refractivity contribution in [2.45, 2.75) is 24.3 Å². The zero-order valence-corrected chi connectivity index (χ0v) is 13.1. The molecule has 0 bridgehead atoms. The van der Waals surface area contributed by atoms with Crippen LogP contribution in [0.2, 0.25) is 0 Å². The van der Waals surface area contributed by atoms with Crippen molar-refractivity contribution in [3.63, 3.8) is 0 Å². The topological polar surface area (TPSA) is 51.5 Å². The molecule has 21 heavy (non-hydrogen) atoms. The fourth-order valence-electron chi connectivity index (χ4n) is 2.70. The summed E-state index contributed by atoms with van der Waals surface area (Å²) in [7, 11) is -0.963. The van der Waals surface area contributed by atoms with Crippen LogP contribution in [0.25, 0.3) is 11.0 Å². The highest BCUT2D eigenvalue weighted by atomic mass is 32.2. The van der Waals surface area contributed by atoms with E-state index in [9.17, 15) is 4.21 Å². The molecule has 1 N–H and O–H groups in total. The molecule has 1 aromatic heterocycles. The molecule has 0 amide bonds. The van der Waals surface area contributed by atoms with Crippen molar-refractivity contribution in [1.29, 1.82) is 0 Å². The monoisotopic (exact) mass is 307 g/mol. The summed E-state index contributed by atoms with van der Waals surface area (Å²) in [5, 5.41) is 4.35. The summed E-state index contributed by atoms with van der Waals surface area (Å²) in [5.41, 5.74) is 0.824. The molecule has 1 aromatic carbocycles. The summed E-state index contributed by atoms with van der Waals surface area (Å²) >= 11 is 0. The Morgan fingerprint density at radius 1 is 1.33 bits per heavy atom. The van der Waals surface area contributed by atoms with Gasteiger partial charge >= 0.3 is 0 Å². The molecule has 5 heteroatoms. The van der Waals surface area contributed by atoms with E-state index in [0.29, 0.717) is 12.5 Å². The molecule has 1 aliphatic heterocycles. The number of hydrogen-bond acceptors (Lipinski definition) is 4. The molecule has 2 aromatic rings. The van der Waals surface area contributed by atoms with Crippen LogP contribution in [0.5, 0.6) is 0 Å². The molecule has 114 valence electrons. The van der Waals surface area contributed by atoms with Gasteiger partial charge in [-0.15, -0.1) is 0 Å². The molecule has 3 rings (SSSR count). The van der Waals surface area contributed by atoms with E-state index in [-0.39, 0.29) is 0 Å². The van der Waals surface area contributed by atoms with Gasteiger partial charge in [0.15, 0.2) is 0 Å². The lowest BCUT2D eigenvalue weighted by molar-refractivity contribution is 0.0667. The molecule has 1 atom stereocenters. The third-order valence-corrected chi connectivity index (χ3v) is 4.85. The normalized spacial score (nSPS) is 18.1. The van der Waals surface area contributed by atoms with Gasteiger partial charge in [-0.1, -0.05) is 0 Å². The second-order valence-electron chi connectivity index (χ2n) is 5.57. The quantitative estimate of drug-likeness (QED) is 0.923. The Morgan fingerprint density at radius 2 is 2.14 bits per heavy atom. The highest BCUT2D eigenvalue weighted by Crippen LogP contribution is 2.23. The molecule has 1 saturated heterocycles. The summed E-state index contributed by atoms with van der Waals surface area (Å²) in [5.74, 6) is 1.49. The molecule has 1 aliphatic rings. The summed E-state index contributed by atoms with van der Waals surface area (Å²) in [4.78, 5) is 0.825. The number of fused-ring (bicyclic) bond motifs is 1. The smallest absolute Gasteiger partial charge is 0.134 e. The van der Waals surface area contributed by atoms with Crippen LogP contribution in [0.4, 0.5) is 0 Å². The maximum Gasteiger partial charge on any atom is 0.134 e. The molecular formula is C16H21NO3S. The molecule has 0 saturated carbocycles. The summed E-state index contributed by atoms with van der Waals surface area (Å²) in [6.45, 7) is 3.48. The van der Waals surface area contributed by atoms with Gasteiger partial charge in [-0.2, -0.15) is 0 Å². The van der Waals surface area contributed by atoms with Crippen molar-refractivity contribution in [1.82, 2.24) is 5.32 Å². The fraction of sp³-hybridized carbons (Fsp3) is 0.500. The maximum atomic E-state index is 11.5. The zero-order valence-electron chi connectivity index (χ0n) is 12.3. The van der Waals surface area contributed by atoms with Crippen molar-refractivity contribution in [2.24, 2.45) is 5.92 Å². The minimum absolute atomic E-state index is 0.503. The van der Waals surface area contributed by atoms with E-state index in [4.69, 9.17) is 9.15 Å². The van der Waals surface area contributed by atoms with Crippen molar-refractivity contribution in [3.8, 4) is 0 Å². The summed E-state index contributed by atoms with van der Waals surface area (Å²) in [6.07, 6.45) is 4.06. The highest BCUT2D eigenvalue weighted by Gasteiger charge is 2.13. The number of piperidine rings is 1. The number of furan rings is 1. The number of nitrogens with one attached hydrogen (secondary N) is 1. The Kier molecular flexibility index (Phi) is 4.73. The summed E-state index contributed by atoms with van der Waals surface area (Å²) in [6, 6.07) is 7.63. The number of benzene rings is 1. The van der Waals surface area contributed by atoms with E-state index in [1.54, 1.807) is 6.26 Å². The van der Waals surface area contributed by atoms with Crippen LogP contribution in [-0.2, 0) is 22.1 Å². The molecule has 0 aliphatic carbocycles. The van der Waals surface area contributed by atoms with Crippen LogP contribution in [0.15, 0.2) is 33.6 Å². The number of rotatable bonds is 5. The number of ether oxygens (including phenoxy) is 1. The standard InChI is InChI=1S/C16H21NO3S/c1-21(18)15-2-3-16-13(9-15)8-14(20-16)11-19-10-12-4-6-17-7-5-12/h2-3,8-9,12,17H,4-7,10-11H2,1H3. The maximum absolute atomic E-state index is 11.5. The van der Waals surface area contributed by atoms with E-state index < -0.39 is 10.8 Å². The molecule has 4 nitrogen and oxygen atoms in total. The van der Waals surface area contributed by atoms with Gasteiger partial charge in [0.1, 0.15) is 18.0 Å². The van der Waals surface area contributed by atoms with Gasteiger partial charge in [-0.3, -0.25) is 4.21 Å². The van der Waals surface area contributed by atoms with Gasteiger partial charge in [0.25, 0.3) is 0 Å². The second kappa shape index (κ2) is 6.73. The molecule has 1 unspecified atom stereocenters. The van der Waals surface area contributed by atoms with Crippen LogP contribution in [-0.4, -0.2) is 30.2 Å². The highest BCUT2D eigenvalue weighted by molar-refractivity contribution is 7.84. The molecule has 0 spiro atoms. The first kappa shape index (κ1) is 14.8. The van der Waals surface area contributed by atoms with Gasteiger partial charge < -0.3 is 14.5 Å². The van der Waals surface area contributed by atoms with E-state index in [0.717, 1.165) is 41.3 Å². The Morgan fingerprint density at radius 3 is 2.90 bits per heavy atom. The van der Waals surface area contributed by atoms with E-state index in [1.807, 2.05) is 24.3 Å². The van der Waals surface area contributed by atoms with Crippen LogP contribution in [0, 0.1) is 5.92 Å². The van der Waals surface area contributed by atoms with Gasteiger partial charge in [0.05, 0.1) is 6.61 Å². The van der Waals surface area contributed by atoms with Crippen LogP contribution in [0.1, 0.15) is 18.6 Å². The average molecular weight is 307 g/mol. The third-order valence-electron chi connectivity index (χ3n) is 3.93. The van der Waals surface area contributed by atoms with E-state index in [2.05, 4.69) is 5.32 Å². The van der Waals surface area contributed by atoms with Crippen LogP contribution >= 0.6 is 0 Å². The fourth-order valence-corrected chi connectivity index (χ4v) is 3.25. The first-order valence-corrected chi connectivity index (χ1v) is 8.92. The molecule has 1 fully saturated rings. The van der Waals surface area contributed by atoms with Gasteiger partial charge in [-0.05, 0) is 56.1 Å². The Balaban J connectivity index is 1.60. The van der Waals surface area contributed by atoms with Crippen molar-refractivity contribution < 1.29 is 13.4 Å². The Labute approximate surface area is 127 Å². The van der Waals surface area contributed by atoms with Crippen LogP contribution < -0.4 is 5.32 Å². The average Bonchev–Trinajstić information content (AvgIpc) is 2.90. The first-order chi connectivity index (χ1) is 10.2. The van der Waals surface area contributed by atoms with Crippen molar-refractivity contribution in [3.05, 3.63) is 30.0 Å². The number of hydrogen-bond donors (Lipinski definition) is 1. The summed E-state index contributed by atoms with van der Waals surface area (Å²) < 4.78 is 23.0. The first-order valence-electron chi connectivity index (χ1n) is 7.37. The Bertz CT molecular complexity index is 631. The lowest BCUT2D eigenvalue weighted by Crippen LogP contribution is -2.29. The van der Waals surface area contributed by atoms with Crippen molar-refractivity contribution >= 4 is 21.8 Å². The van der Waals surface area contributed by atoms with Gasteiger partial charge in [0, 0.05) is 27.3 Å². The van der Waals surface area contributed by atoms with E-state index >= 15 is 0 Å². The van der Waals surface area contributed by atoms with E-state index in [1.165, 1.54) is 12.8 Å². The minimum Gasteiger partial charge on any atom is -0.459 e. The minimum atomic E-state index is -0.963. The van der Waals surface area contributed by atoms with Crippen molar-refractivity contribution in [2.75, 3.05) is 26.0 Å². The van der Waals surface area contributed by atoms with Crippen LogP contribution in [0.3, 0.4) is 0 Å². The lowest BCUT2D eigenvalue weighted by atomic mass is 9.99. The molecule has 0 radical (unpaired) electrons. The lowest BCUT2D eigenvalue weighted by Gasteiger charge is -2.21. The third kappa shape index (κ3) is 3.73. The predicted octanol–water partition coefficient (Wildman–Crippen LogP) is 2.69. The zero-order chi connectivity index (χ0) is 14.7. The predicted molar refractivity (Wildman–Crippen MR) is 83.8 cm³/mol. The van der Waals surface area contributed by atoms with Gasteiger partial charge in [-0.25, -0.2) is 0 Å². The Hall–Kier alpha value is -1.17.